The van der Waals surface area contributed by atoms with Crippen molar-refractivity contribution in [3.63, 3.8) is 0 Å². The molecule has 0 aliphatic carbocycles. The number of nitrogens with one attached hydrogen (secondary N) is 1. The minimum atomic E-state index is -3.68. The third-order valence-electron chi connectivity index (χ3n) is 3.20. The molecule has 4 nitrogen and oxygen atoms in total. The molecule has 0 amide bonds. The molecule has 6 heteroatoms. The molecule has 1 aromatic rings. The van der Waals surface area contributed by atoms with Crippen molar-refractivity contribution in [2.45, 2.75) is 37.7 Å². The van der Waals surface area contributed by atoms with Crippen molar-refractivity contribution >= 4 is 21.6 Å². The van der Waals surface area contributed by atoms with Crippen LogP contribution in [0.4, 0.5) is 0 Å². The number of halogens is 1. The van der Waals surface area contributed by atoms with Crippen LogP contribution in [0.5, 0.6) is 0 Å². The standard InChI is InChI=1S/C13H20ClNO3S/c1-3-10(4-2)12(16)9-15-19(17,18)13-8-6-5-7-11(13)14/h5-8,10,12,15-16H,3-4,9H2,1-2H3. The lowest BCUT2D eigenvalue weighted by molar-refractivity contribution is 0.107. The van der Waals surface area contributed by atoms with Gasteiger partial charge in [-0.15, -0.1) is 0 Å². The van der Waals surface area contributed by atoms with Gasteiger partial charge in [0, 0.05) is 6.54 Å². The molecule has 0 aliphatic heterocycles. The van der Waals surface area contributed by atoms with Crippen molar-refractivity contribution in [1.29, 1.82) is 0 Å². The second kappa shape index (κ2) is 7.24. The number of hydrogen-bond acceptors (Lipinski definition) is 3. The Morgan fingerprint density at radius 1 is 1.26 bits per heavy atom. The fraction of sp³-hybridized carbons (Fsp3) is 0.538. The first kappa shape index (κ1) is 16.4. The van der Waals surface area contributed by atoms with E-state index in [9.17, 15) is 13.5 Å². The number of aliphatic hydroxyl groups excluding tert-OH is 1. The Balaban J connectivity index is 2.74. The van der Waals surface area contributed by atoms with Crippen LogP contribution in [-0.4, -0.2) is 26.2 Å². The van der Waals surface area contributed by atoms with Crippen molar-refractivity contribution in [2.24, 2.45) is 5.92 Å². The number of sulfonamides is 1. The van der Waals surface area contributed by atoms with Crippen molar-refractivity contribution < 1.29 is 13.5 Å². The summed E-state index contributed by atoms with van der Waals surface area (Å²) < 4.78 is 26.5. The summed E-state index contributed by atoms with van der Waals surface area (Å²) in [5.41, 5.74) is 0. The molecule has 1 aromatic carbocycles. The first-order valence-corrected chi connectivity index (χ1v) is 8.20. The third-order valence-corrected chi connectivity index (χ3v) is 5.12. The summed E-state index contributed by atoms with van der Waals surface area (Å²) in [6.07, 6.45) is 0.934. The molecule has 0 fully saturated rings. The maximum Gasteiger partial charge on any atom is 0.242 e. The van der Waals surface area contributed by atoms with E-state index in [0.29, 0.717) is 0 Å². The number of hydrogen-bond donors (Lipinski definition) is 2. The van der Waals surface area contributed by atoms with E-state index in [1.54, 1.807) is 12.1 Å². The second-order valence-electron chi connectivity index (χ2n) is 4.43. The summed E-state index contributed by atoms with van der Waals surface area (Å²) in [7, 11) is -3.68. The lowest BCUT2D eigenvalue weighted by Crippen LogP contribution is -2.36. The van der Waals surface area contributed by atoms with Crippen LogP contribution >= 0.6 is 11.6 Å². The first-order valence-electron chi connectivity index (χ1n) is 6.34. The van der Waals surface area contributed by atoms with E-state index in [1.165, 1.54) is 12.1 Å². The van der Waals surface area contributed by atoms with Gasteiger partial charge in [0.05, 0.1) is 11.1 Å². The largest absolute Gasteiger partial charge is 0.391 e. The minimum Gasteiger partial charge on any atom is -0.391 e. The SMILES string of the molecule is CCC(CC)C(O)CNS(=O)(=O)c1ccccc1Cl. The van der Waals surface area contributed by atoms with Gasteiger partial charge in [-0.3, -0.25) is 0 Å². The summed E-state index contributed by atoms with van der Waals surface area (Å²) in [6.45, 7) is 3.94. The van der Waals surface area contributed by atoms with Gasteiger partial charge in [0.15, 0.2) is 0 Å². The molecule has 0 bridgehead atoms. The monoisotopic (exact) mass is 305 g/mol. The van der Waals surface area contributed by atoms with E-state index in [-0.39, 0.29) is 22.4 Å². The summed E-state index contributed by atoms with van der Waals surface area (Å²) in [6, 6.07) is 6.24. The van der Waals surface area contributed by atoms with Gasteiger partial charge in [0.25, 0.3) is 0 Å². The van der Waals surface area contributed by atoms with Crippen LogP contribution in [0, 0.1) is 5.92 Å². The zero-order chi connectivity index (χ0) is 14.5. The highest BCUT2D eigenvalue weighted by Gasteiger charge is 2.21. The zero-order valence-corrected chi connectivity index (χ0v) is 12.7. The third kappa shape index (κ3) is 4.45. The van der Waals surface area contributed by atoms with E-state index in [1.807, 2.05) is 13.8 Å². The molecule has 0 saturated carbocycles. The average molecular weight is 306 g/mol. The molecular weight excluding hydrogens is 286 g/mol. The molecule has 1 unspecified atom stereocenters. The Hall–Kier alpha value is -0.620. The van der Waals surface area contributed by atoms with Crippen LogP contribution in [0.3, 0.4) is 0 Å². The summed E-state index contributed by atoms with van der Waals surface area (Å²) >= 11 is 5.86. The average Bonchev–Trinajstić information content (AvgIpc) is 2.38. The second-order valence-corrected chi connectivity index (χ2v) is 6.57. The first-order chi connectivity index (χ1) is 8.92. The van der Waals surface area contributed by atoms with Crippen LogP contribution in [0.15, 0.2) is 29.2 Å². The van der Waals surface area contributed by atoms with Crippen LogP contribution in [0.1, 0.15) is 26.7 Å². The molecular formula is C13H20ClNO3S. The molecule has 108 valence electrons. The van der Waals surface area contributed by atoms with E-state index in [4.69, 9.17) is 11.6 Å². The Kier molecular flexibility index (Phi) is 6.26. The van der Waals surface area contributed by atoms with Crippen molar-refractivity contribution in [3.05, 3.63) is 29.3 Å². The Bertz CT molecular complexity index is 500. The van der Waals surface area contributed by atoms with E-state index < -0.39 is 16.1 Å². The van der Waals surface area contributed by atoms with E-state index in [2.05, 4.69) is 4.72 Å². The molecule has 0 heterocycles. The van der Waals surface area contributed by atoms with Gasteiger partial charge in [-0.1, -0.05) is 50.4 Å². The lowest BCUT2D eigenvalue weighted by Gasteiger charge is -2.20. The molecule has 1 rings (SSSR count). The quantitative estimate of drug-likeness (QED) is 0.813. The van der Waals surface area contributed by atoms with Crippen LogP contribution in [0.2, 0.25) is 5.02 Å². The summed E-state index contributed by atoms with van der Waals surface area (Å²) in [5.74, 6) is 0.0916. The lowest BCUT2D eigenvalue weighted by atomic mass is 9.97. The Morgan fingerprint density at radius 3 is 2.37 bits per heavy atom. The molecule has 0 aliphatic rings. The molecule has 1 atom stereocenters. The van der Waals surface area contributed by atoms with Gasteiger partial charge in [-0.2, -0.15) is 0 Å². The summed E-state index contributed by atoms with van der Waals surface area (Å²) in [5, 5.41) is 10.1. The predicted molar refractivity (Wildman–Crippen MR) is 76.7 cm³/mol. The maximum absolute atomic E-state index is 12.1. The number of benzene rings is 1. The normalized spacial score (nSPS) is 13.7. The van der Waals surface area contributed by atoms with Crippen LogP contribution in [-0.2, 0) is 10.0 Å². The molecule has 2 N–H and O–H groups in total. The molecule has 0 saturated heterocycles. The Labute approximate surface area is 119 Å². The topological polar surface area (TPSA) is 66.4 Å². The van der Waals surface area contributed by atoms with Crippen molar-refractivity contribution in [3.8, 4) is 0 Å². The van der Waals surface area contributed by atoms with Gasteiger partial charge in [0.1, 0.15) is 4.90 Å². The highest BCUT2D eigenvalue weighted by Crippen LogP contribution is 2.20. The molecule has 0 radical (unpaired) electrons. The highest BCUT2D eigenvalue weighted by atomic mass is 35.5. The fourth-order valence-electron chi connectivity index (χ4n) is 1.94. The van der Waals surface area contributed by atoms with Crippen LogP contribution in [0.25, 0.3) is 0 Å². The molecule has 0 spiro atoms. The number of aliphatic hydroxyl groups is 1. The van der Waals surface area contributed by atoms with Gasteiger partial charge >= 0.3 is 0 Å². The van der Waals surface area contributed by atoms with Gasteiger partial charge in [0.2, 0.25) is 10.0 Å². The van der Waals surface area contributed by atoms with E-state index >= 15 is 0 Å². The van der Waals surface area contributed by atoms with Gasteiger partial charge in [-0.25, -0.2) is 13.1 Å². The highest BCUT2D eigenvalue weighted by molar-refractivity contribution is 7.89. The predicted octanol–water partition coefficient (Wildman–Crippen LogP) is 2.42. The smallest absolute Gasteiger partial charge is 0.242 e. The van der Waals surface area contributed by atoms with Gasteiger partial charge in [-0.05, 0) is 18.1 Å². The maximum atomic E-state index is 12.1. The minimum absolute atomic E-state index is 0.0000961. The molecule has 0 aromatic heterocycles. The van der Waals surface area contributed by atoms with Crippen molar-refractivity contribution in [1.82, 2.24) is 4.72 Å². The van der Waals surface area contributed by atoms with Gasteiger partial charge < -0.3 is 5.11 Å². The van der Waals surface area contributed by atoms with Crippen molar-refractivity contribution in [2.75, 3.05) is 6.54 Å². The summed E-state index contributed by atoms with van der Waals surface area (Å²) in [4.78, 5) is 0.0356. The number of rotatable bonds is 7. The zero-order valence-electron chi connectivity index (χ0n) is 11.1. The Morgan fingerprint density at radius 2 is 1.84 bits per heavy atom. The molecule has 19 heavy (non-hydrogen) atoms. The van der Waals surface area contributed by atoms with E-state index in [0.717, 1.165) is 12.8 Å². The fourth-order valence-corrected chi connectivity index (χ4v) is 3.50. The van der Waals surface area contributed by atoms with Crippen LogP contribution < -0.4 is 4.72 Å².